The molecule has 2 unspecified atom stereocenters. The molecule has 3 heterocycles. The molecule has 2 saturated heterocycles. The number of hydrogen-bond acceptors (Lipinski definition) is 4. The van der Waals surface area contributed by atoms with Gasteiger partial charge in [-0.05, 0) is 12.0 Å². The molecule has 1 aromatic heterocycles. The van der Waals surface area contributed by atoms with Crippen molar-refractivity contribution < 1.29 is 4.74 Å². The molecule has 5 heteroatoms. The third-order valence-electron chi connectivity index (χ3n) is 4.18. The Bertz CT molecular complexity index is 436. The van der Waals surface area contributed by atoms with E-state index in [0.717, 1.165) is 50.1 Å². The van der Waals surface area contributed by atoms with E-state index >= 15 is 0 Å². The van der Waals surface area contributed by atoms with Gasteiger partial charge in [0.1, 0.15) is 0 Å². The second-order valence-corrected chi connectivity index (χ2v) is 5.83. The van der Waals surface area contributed by atoms with Crippen LogP contribution in [-0.2, 0) is 4.74 Å². The topological polar surface area (TPSA) is 28.6 Å². The molecule has 0 aromatic carbocycles. The Labute approximate surface area is 119 Å². The maximum absolute atomic E-state index is 6.25. The van der Waals surface area contributed by atoms with Gasteiger partial charge in [-0.1, -0.05) is 18.5 Å². The molecule has 2 atom stereocenters. The first-order chi connectivity index (χ1) is 9.25. The first-order valence-electron chi connectivity index (χ1n) is 6.92. The maximum Gasteiger partial charge on any atom is 0.0822 e. The zero-order valence-electron chi connectivity index (χ0n) is 11.3. The Kier molecular flexibility index (Phi) is 3.91. The Morgan fingerprint density at radius 3 is 2.84 bits per heavy atom. The highest BCUT2D eigenvalue weighted by Crippen LogP contribution is 2.31. The molecule has 4 nitrogen and oxygen atoms in total. The predicted octanol–water partition coefficient (Wildman–Crippen LogP) is 1.89. The molecule has 0 spiro atoms. The molecule has 0 saturated carbocycles. The molecule has 0 radical (unpaired) electrons. The maximum atomic E-state index is 6.25. The summed E-state index contributed by atoms with van der Waals surface area (Å²) in [5.41, 5.74) is 1.11. The number of anilines is 1. The van der Waals surface area contributed by atoms with Crippen LogP contribution in [0.3, 0.4) is 0 Å². The van der Waals surface area contributed by atoms with Crippen LogP contribution >= 0.6 is 11.6 Å². The number of aromatic nitrogens is 1. The minimum atomic E-state index is 0.605. The minimum absolute atomic E-state index is 0.605. The molecule has 2 fully saturated rings. The summed E-state index contributed by atoms with van der Waals surface area (Å²) in [6.45, 7) is 8.25. The van der Waals surface area contributed by atoms with Gasteiger partial charge in [-0.3, -0.25) is 9.88 Å². The SMILES string of the molecule is CC1CN(c2ccncc2Cl)CC1N1CCOCC1. The number of morpholine rings is 1. The molecule has 0 amide bonds. The van der Waals surface area contributed by atoms with Crippen LogP contribution in [-0.4, -0.2) is 55.3 Å². The standard InChI is InChI=1S/C14H20ClN3O/c1-11-9-18(13-2-3-16-8-12(13)15)10-14(11)17-4-6-19-7-5-17/h2-3,8,11,14H,4-7,9-10H2,1H3. The van der Waals surface area contributed by atoms with E-state index in [4.69, 9.17) is 16.3 Å². The van der Waals surface area contributed by atoms with Crippen molar-refractivity contribution >= 4 is 17.3 Å². The molecule has 19 heavy (non-hydrogen) atoms. The molecule has 0 aliphatic carbocycles. The van der Waals surface area contributed by atoms with Crippen LogP contribution < -0.4 is 4.90 Å². The number of hydrogen-bond donors (Lipinski definition) is 0. The summed E-state index contributed by atoms with van der Waals surface area (Å²) < 4.78 is 5.44. The highest BCUT2D eigenvalue weighted by Gasteiger charge is 2.35. The lowest BCUT2D eigenvalue weighted by Crippen LogP contribution is -2.46. The molecule has 104 valence electrons. The lowest BCUT2D eigenvalue weighted by molar-refractivity contribution is 0.0134. The number of ether oxygens (including phenoxy) is 1. The van der Waals surface area contributed by atoms with Gasteiger partial charge in [-0.25, -0.2) is 0 Å². The molecule has 2 aliphatic heterocycles. The molecule has 2 aliphatic rings. The summed E-state index contributed by atoms with van der Waals surface area (Å²) in [5.74, 6) is 0.655. The average molecular weight is 282 g/mol. The third kappa shape index (κ3) is 2.71. The van der Waals surface area contributed by atoms with Crippen LogP contribution in [0.2, 0.25) is 5.02 Å². The highest BCUT2D eigenvalue weighted by atomic mass is 35.5. The summed E-state index contributed by atoms with van der Waals surface area (Å²) in [5, 5.41) is 0.748. The molecule has 0 N–H and O–H groups in total. The molecular weight excluding hydrogens is 262 g/mol. The lowest BCUT2D eigenvalue weighted by Gasteiger charge is -2.34. The summed E-state index contributed by atoms with van der Waals surface area (Å²) in [7, 11) is 0. The third-order valence-corrected chi connectivity index (χ3v) is 4.47. The van der Waals surface area contributed by atoms with Crippen molar-refractivity contribution in [2.75, 3.05) is 44.3 Å². The second-order valence-electron chi connectivity index (χ2n) is 5.43. The van der Waals surface area contributed by atoms with Crippen molar-refractivity contribution in [1.82, 2.24) is 9.88 Å². The van der Waals surface area contributed by atoms with Gasteiger partial charge in [0.2, 0.25) is 0 Å². The van der Waals surface area contributed by atoms with Crippen LogP contribution in [0.5, 0.6) is 0 Å². The summed E-state index contributed by atoms with van der Waals surface area (Å²) in [4.78, 5) is 9.00. The van der Waals surface area contributed by atoms with Gasteiger partial charge in [0.05, 0.1) is 23.9 Å². The second kappa shape index (κ2) is 5.65. The van der Waals surface area contributed by atoms with Gasteiger partial charge in [-0.2, -0.15) is 0 Å². The van der Waals surface area contributed by atoms with E-state index < -0.39 is 0 Å². The van der Waals surface area contributed by atoms with Crippen LogP contribution in [0.15, 0.2) is 18.5 Å². The Morgan fingerprint density at radius 1 is 1.32 bits per heavy atom. The zero-order valence-corrected chi connectivity index (χ0v) is 12.0. The van der Waals surface area contributed by atoms with E-state index in [9.17, 15) is 0 Å². The fraction of sp³-hybridized carbons (Fsp3) is 0.643. The average Bonchev–Trinajstić information content (AvgIpc) is 2.82. The first-order valence-corrected chi connectivity index (χ1v) is 7.30. The van der Waals surface area contributed by atoms with Crippen molar-refractivity contribution in [3.05, 3.63) is 23.5 Å². The lowest BCUT2D eigenvalue weighted by atomic mass is 10.0. The quantitative estimate of drug-likeness (QED) is 0.828. The van der Waals surface area contributed by atoms with Crippen molar-refractivity contribution in [2.24, 2.45) is 5.92 Å². The van der Waals surface area contributed by atoms with E-state index in [1.165, 1.54) is 0 Å². The van der Waals surface area contributed by atoms with Crippen molar-refractivity contribution in [1.29, 1.82) is 0 Å². The van der Waals surface area contributed by atoms with Gasteiger partial charge in [0, 0.05) is 44.6 Å². The number of rotatable bonds is 2. The van der Waals surface area contributed by atoms with Crippen molar-refractivity contribution in [2.45, 2.75) is 13.0 Å². The van der Waals surface area contributed by atoms with Crippen LogP contribution in [0.4, 0.5) is 5.69 Å². The van der Waals surface area contributed by atoms with Gasteiger partial charge in [0.25, 0.3) is 0 Å². The van der Waals surface area contributed by atoms with E-state index in [2.05, 4.69) is 21.7 Å². The molecule has 3 rings (SSSR count). The summed E-state index contributed by atoms with van der Waals surface area (Å²) in [6, 6.07) is 2.62. The van der Waals surface area contributed by atoms with Gasteiger partial charge in [0.15, 0.2) is 0 Å². The van der Waals surface area contributed by atoms with E-state index in [1.807, 2.05) is 12.3 Å². The number of halogens is 1. The normalized spacial score (nSPS) is 28.8. The van der Waals surface area contributed by atoms with Gasteiger partial charge < -0.3 is 9.64 Å². The Morgan fingerprint density at radius 2 is 2.11 bits per heavy atom. The van der Waals surface area contributed by atoms with Crippen LogP contribution in [0.1, 0.15) is 6.92 Å². The van der Waals surface area contributed by atoms with E-state index in [-0.39, 0.29) is 0 Å². The van der Waals surface area contributed by atoms with Crippen molar-refractivity contribution in [3.8, 4) is 0 Å². The monoisotopic (exact) mass is 281 g/mol. The summed E-state index contributed by atoms with van der Waals surface area (Å²) >= 11 is 6.25. The first kappa shape index (κ1) is 13.2. The van der Waals surface area contributed by atoms with E-state index in [0.29, 0.717) is 12.0 Å². The summed E-state index contributed by atoms with van der Waals surface area (Å²) in [6.07, 6.45) is 3.54. The number of nitrogens with zero attached hydrogens (tertiary/aromatic N) is 3. The zero-order chi connectivity index (χ0) is 13.2. The smallest absolute Gasteiger partial charge is 0.0822 e. The Hall–Kier alpha value is -0.840. The van der Waals surface area contributed by atoms with Crippen LogP contribution in [0, 0.1) is 5.92 Å². The Balaban J connectivity index is 1.72. The minimum Gasteiger partial charge on any atom is -0.379 e. The van der Waals surface area contributed by atoms with Crippen molar-refractivity contribution in [3.63, 3.8) is 0 Å². The molecular formula is C14H20ClN3O. The predicted molar refractivity (Wildman–Crippen MR) is 76.8 cm³/mol. The molecule has 1 aromatic rings. The fourth-order valence-corrected chi connectivity index (χ4v) is 3.39. The van der Waals surface area contributed by atoms with Gasteiger partial charge in [-0.15, -0.1) is 0 Å². The van der Waals surface area contributed by atoms with E-state index in [1.54, 1.807) is 6.20 Å². The fourth-order valence-electron chi connectivity index (χ4n) is 3.16. The molecule has 0 bridgehead atoms. The largest absolute Gasteiger partial charge is 0.379 e. The van der Waals surface area contributed by atoms with Gasteiger partial charge >= 0.3 is 0 Å². The number of pyridine rings is 1. The highest BCUT2D eigenvalue weighted by molar-refractivity contribution is 6.33. The van der Waals surface area contributed by atoms with Crippen LogP contribution in [0.25, 0.3) is 0 Å².